The number of anilines is 1. The van der Waals surface area contributed by atoms with Crippen molar-refractivity contribution in [3.8, 4) is 0 Å². The molecule has 0 atom stereocenters. The number of furan rings is 1. The number of ether oxygens (including phenoxy) is 1. The average Bonchev–Trinajstić information content (AvgIpc) is 3.00. The van der Waals surface area contributed by atoms with Gasteiger partial charge in [-0.2, -0.15) is 0 Å². The first-order chi connectivity index (χ1) is 12.2. The van der Waals surface area contributed by atoms with Crippen LogP contribution in [0.3, 0.4) is 0 Å². The Labute approximate surface area is 149 Å². The number of aryl methyl sites for hydroxylation is 1. The zero-order chi connectivity index (χ0) is 19.5. The van der Waals surface area contributed by atoms with Crippen LogP contribution < -0.4 is 4.31 Å². The van der Waals surface area contributed by atoms with Gasteiger partial charge >= 0.3 is 5.97 Å². The van der Waals surface area contributed by atoms with Gasteiger partial charge in [0.2, 0.25) is 5.88 Å². The molecule has 2 rings (SSSR count). The van der Waals surface area contributed by atoms with E-state index in [-0.39, 0.29) is 34.3 Å². The first kappa shape index (κ1) is 19.2. The van der Waals surface area contributed by atoms with Crippen LogP contribution in [0.15, 0.2) is 52.3 Å². The number of hydrogen-bond acceptors (Lipinski definition) is 7. The summed E-state index contributed by atoms with van der Waals surface area (Å²) in [7, 11) is -2.90. The number of methoxy groups -OCH3 is 1. The maximum absolute atomic E-state index is 12.9. The maximum atomic E-state index is 12.9. The van der Waals surface area contributed by atoms with E-state index >= 15 is 0 Å². The molecular weight excluding hydrogens is 364 g/mol. The highest BCUT2D eigenvalue weighted by atomic mass is 32.2. The third-order valence-electron chi connectivity index (χ3n) is 3.49. The smallest absolute Gasteiger partial charge is 0.341 e. The van der Waals surface area contributed by atoms with Gasteiger partial charge in [-0.05, 0) is 19.1 Å². The molecule has 0 amide bonds. The van der Waals surface area contributed by atoms with E-state index in [1.807, 2.05) is 0 Å². The number of esters is 1. The molecule has 9 nitrogen and oxygen atoms in total. The van der Waals surface area contributed by atoms with E-state index in [0.29, 0.717) is 0 Å². The molecule has 0 radical (unpaired) electrons. The minimum Gasteiger partial charge on any atom is -0.465 e. The van der Waals surface area contributed by atoms with Gasteiger partial charge in [-0.1, -0.05) is 6.08 Å². The topological polar surface area (TPSA) is 120 Å². The summed E-state index contributed by atoms with van der Waals surface area (Å²) in [5.41, 5.74) is -0.142. The first-order valence-corrected chi connectivity index (χ1v) is 8.73. The van der Waals surface area contributed by atoms with Crippen LogP contribution in [-0.4, -0.2) is 33.0 Å². The van der Waals surface area contributed by atoms with E-state index in [0.717, 1.165) is 28.6 Å². The summed E-state index contributed by atoms with van der Waals surface area (Å²) in [6.07, 6.45) is 1.35. The van der Waals surface area contributed by atoms with Crippen LogP contribution in [0.25, 0.3) is 0 Å². The monoisotopic (exact) mass is 380 g/mol. The summed E-state index contributed by atoms with van der Waals surface area (Å²) < 4.78 is 36.7. The Morgan fingerprint density at radius 3 is 2.50 bits per heavy atom. The molecule has 0 bridgehead atoms. The normalized spacial score (nSPS) is 11.0. The van der Waals surface area contributed by atoms with Gasteiger partial charge in [0.05, 0.1) is 23.5 Å². The average molecular weight is 380 g/mol. The van der Waals surface area contributed by atoms with Crippen LogP contribution in [0.1, 0.15) is 16.1 Å². The molecule has 0 aliphatic carbocycles. The molecule has 2 aromatic rings. The Hall–Kier alpha value is -3.14. The molecule has 138 valence electrons. The molecule has 0 unspecified atom stereocenters. The lowest BCUT2D eigenvalue weighted by molar-refractivity contribution is -0.384. The van der Waals surface area contributed by atoms with Crippen LogP contribution in [0.4, 0.5) is 11.6 Å². The highest BCUT2D eigenvalue weighted by molar-refractivity contribution is 7.92. The fraction of sp³-hybridized carbons (Fsp3) is 0.188. The number of carbonyl (C=O) groups is 1. The quantitative estimate of drug-likeness (QED) is 0.313. The van der Waals surface area contributed by atoms with E-state index < -0.39 is 20.9 Å². The highest BCUT2D eigenvalue weighted by Gasteiger charge is 2.29. The zero-order valence-corrected chi connectivity index (χ0v) is 14.9. The van der Waals surface area contributed by atoms with E-state index in [2.05, 4.69) is 11.3 Å². The fourth-order valence-electron chi connectivity index (χ4n) is 2.19. The summed E-state index contributed by atoms with van der Waals surface area (Å²) >= 11 is 0. The maximum Gasteiger partial charge on any atom is 0.341 e. The van der Waals surface area contributed by atoms with Crippen LogP contribution in [0.2, 0.25) is 0 Å². The zero-order valence-electron chi connectivity index (χ0n) is 14.0. The molecule has 0 aliphatic heterocycles. The van der Waals surface area contributed by atoms with Crippen LogP contribution >= 0.6 is 0 Å². The van der Waals surface area contributed by atoms with E-state index in [1.54, 1.807) is 0 Å². The summed E-state index contributed by atoms with van der Waals surface area (Å²) in [6, 6.07) is 5.69. The lowest BCUT2D eigenvalue weighted by Gasteiger charge is -2.20. The Morgan fingerprint density at radius 1 is 1.38 bits per heavy atom. The van der Waals surface area contributed by atoms with Gasteiger partial charge < -0.3 is 9.15 Å². The summed E-state index contributed by atoms with van der Waals surface area (Å²) in [4.78, 5) is 21.6. The minimum atomic E-state index is -4.10. The minimum absolute atomic E-state index is 0.0930. The second-order valence-electron chi connectivity index (χ2n) is 5.12. The van der Waals surface area contributed by atoms with Crippen molar-refractivity contribution in [3.63, 3.8) is 0 Å². The third-order valence-corrected chi connectivity index (χ3v) is 5.26. The molecular formula is C16H16N2O7S. The van der Waals surface area contributed by atoms with Gasteiger partial charge in [0, 0.05) is 18.2 Å². The van der Waals surface area contributed by atoms with Crippen molar-refractivity contribution in [3.05, 3.63) is 64.4 Å². The lowest BCUT2D eigenvalue weighted by atomic mass is 10.2. The number of benzene rings is 1. The van der Waals surface area contributed by atoms with Gasteiger partial charge in [-0.25, -0.2) is 17.5 Å². The Bertz CT molecular complexity index is 945. The summed E-state index contributed by atoms with van der Waals surface area (Å²) in [6.45, 7) is 4.89. The second-order valence-corrected chi connectivity index (χ2v) is 6.98. The molecule has 1 heterocycles. The van der Waals surface area contributed by atoms with Crippen LogP contribution in [0.5, 0.6) is 0 Å². The molecule has 1 aromatic heterocycles. The van der Waals surface area contributed by atoms with Crippen molar-refractivity contribution in [1.82, 2.24) is 0 Å². The van der Waals surface area contributed by atoms with Crippen molar-refractivity contribution < 1.29 is 27.3 Å². The molecule has 10 heteroatoms. The number of hydrogen-bond donors (Lipinski definition) is 0. The number of sulfonamides is 1. The predicted molar refractivity (Wildman–Crippen MR) is 92.6 cm³/mol. The Balaban J connectivity index is 2.50. The number of non-ortho nitro benzene ring substituents is 1. The Kier molecular flexibility index (Phi) is 5.46. The van der Waals surface area contributed by atoms with Gasteiger partial charge in [-0.3, -0.25) is 10.1 Å². The van der Waals surface area contributed by atoms with Crippen molar-refractivity contribution in [2.75, 3.05) is 18.0 Å². The molecule has 0 spiro atoms. The van der Waals surface area contributed by atoms with Gasteiger partial charge in [0.1, 0.15) is 11.3 Å². The van der Waals surface area contributed by atoms with Gasteiger partial charge in [0.25, 0.3) is 15.7 Å². The van der Waals surface area contributed by atoms with Crippen molar-refractivity contribution in [1.29, 1.82) is 0 Å². The van der Waals surface area contributed by atoms with Crippen LogP contribution in [-0.2, 0) is 14.8 Å². The Morgan fingerprint density at radius 2 is 2.00 bits per heavy atom. The largest absolute Gasteiger partial charge is 0.465 e. The molecule has 0 N–H and O–H groups in total. The molecule has 0 saturated carbocycles. The van der Waals surface area contributed by atoms with E-state index in [4.69, 9.17) is 4.42 Å². The number of rotatable bonds is 7. The SMILES string of the molecule is C=CCN(c1cc(C(=O)OC)c(C)o1)S(=O)(=O)c1ccc([N+](=O)[O-])cc1. The van der Waals surface area contributed by atoms with Crippen molar-refractivity contribution in [2.24, 2.45) is 0 Å². The number of carbonyl (C=O) groups excluding carboxylic acids is 1. The number of nitro benzene ring substituents is 1. The fourth-order valence-corrected chi connectivity index (χ4v) is 3.56. The summed E-state index contributed by atoms with van der Waals surface area (Å²) in [5.74, 6) is -0.565. The van der Waals surface area contributed by atoms with Gasteiger partial charge in [0.15, 0.2) is 0 Å². The highest BCUT2D eigenvalue weighted by Crippen LogP contribution is 2.29. The number of nitrogens with zero attached hydrogens (tertiary/aromatic N) is 2. The lowest BCUT2D eigenvalue weighted by Crippen LogP contribution is -2.30. The number of nitro groups is 1. The van der Waals surface area contributed by atoms with E-state index in [1.165, 1.54) is 26.2 Å². The van der Waals surface area contributed by atoms with Crippen molar-refractivity contribution >= 4 is 27.6 Å². The first-order valence-electron chi connectivity index (χ1n) is 7.29. The third kappa shape index (κ3) is 3.59. The molecule has 26 heavy (non-hydrogen) atoms. The van der Waals surface area contributed by atoms with Gasteiger partial charge in [-0.15, -0.1) is 6.58 Å². The summed E-state index contributed by atoms with van der Waals surface area (Å²) in [5, 5.41) is 10.7. The van der Waals surface area contributed by atoms with Crippen molar-refractivity contribution in [2.45, 2.75) is 11.8 Å². The second kappa shape index (κ2) is 7.40. The molecule has 1 aromatic carbocycles. The molecule has 0 fully saturated rings. The van der Waals surface area contributed by atoms with Crippen LogP contribution in [0, 0.1) is 17.0 Å². The molecule has 0 aliphatic rings. The van der Waals surface area contributed by atoms with E-state index in [9.17, 15) is 23.3 Å². The standard InChI is InChI=1S/C16H16N2O7S/c1-4-9-17(15-10-14(11(2)25-15)16(19)24-3)26(22,23)13-7-5-12(6-8-13)18(20)21/h4-8,10H,1,9H2,2-3H3. The predicted octanol–water partition coefficient (Wildman–Crippen LogP) is 2.66. The molecule has 0 saturated heterocycles.